The number of carbonyl (C=O) groups excluding carboxylic acids is 3. The number of nitrogens with two attached hydrogens (primary N) is 1. The molecule has 19 heavy (non-hydrogen) atoms. The Bertz CT molecular complexity index is 551. The number of aromatic nitrogens is 2. The van der Waals surface area contributed by atoms with Crippen molar-refractivity contribution in [2.45, 2.75) is 26.4 Å². The molecule has 102 valence electrons. The maximum atomic E-state index is 12.4. The van der Waals surface area contributed by atoms with E-state index in [9.17, 15) is 14.4 Å². The van der Waals surface area contributed by atoms with E-state index in [2.05, 4.69) is 10.4 Å². The second kappa shape index (κ2) is 4.71. The van der Waals surface area contributed by atoms with Crippen LogP contribution in [0.3, 0.4) is 0 Å². The number of imide groups is 1. The van der Waals surface area contributed by atoms with E-state index >= 15 is 0 Å². The summed E-state index contributed by atoms with van der Waals surface area (Å²) >= 11 is 0. The number of anilines is 1. The minimum atomic E-state index is -0.718. The molecule has 8 nitrogen and oxygen atoms in total. The summed E-state index contributed by atoms with van der Waals surface area (Å²) in [6.07, 6.45) is 1.38. The van der Waals surface area contributed by atoms with E-state index in [1.165, 1.54) is 15.8 Å². The molecule has 1 unspecified atom stereocenters. The molecule has 2 rings (SSSR count). The van der Waals surface area contributed by atoms with Crippen molar-refractivity contribution < 1.29 is 14.4 Å². The van der Waals surface area contributed by atoms with Gasteiger partial charge in [-0.1, -0.05) is 0 Å². The van der Waals surface area contributed by atoms with Gasteiger partial charge in [0.15, 0.2) is 0 Å². The first-order valence-electron chi connectivity index (χ1n) is 5.91. The number of nitrogens with zero attached hydrogens (tertiary/aromatic N) is 3. The van der Waals surface area contributed by atoms with Gasteiger partial charge in [0.05, 0.1) is 11.9 Å². The molecule has 1 aromatic heterocycles. The first-order valence-corrected chi connectivity index (χ1v) is 5.91. The number of piperazine rings is 1. The average Bonchev–Trinajstić information content (AvgIpc) is 2.74. The van der Waals surface area contributed by atoms with Gasteiger partial charge in [-0.25, -0.2) is 0 Å². The Morgan fingerprint density at radius 2 is 2.26 bits per heavy atom. The van der Waals surface area contributed by atoms with Crippen molar-refractivity contribution in [3.8, 4) is 0 Å². The molecule has 1 aromatic rings. The van der Waals surface area contributed by atoms with E-state index < -0.39 is 23.8 Å². The number of carbonyl (C=O) groups is 3. The van der Waals surface area contributed by atoms with Crippen molar-refractivity contribution in [2.24, 2.45) is 0 Å². The minimum absolute atomic E-state index is 0.167. The molecule has 2 heterocycles. The summed E-state index contributed by atoms with van der Waals surface area (Å²) in [5.41, 5.74) is 6.16. The zero-order valence-corrected chi connectivity index (χ0v) is 10.7. The van der Waals surface area contributed by atoms with E-state index in [1.54, 1.807) is 6.92 Å². The van der Waals surface area contributed by atoms with Crippen LogP contribution < -0.4 is 11.1 Å². The van der Waals surface area contributed by atoms with Crippen LogP contribution in [0.1, 0.15) is 24.3 Å². The third kappa shape index (κ3) is 2.16. The normalized spacial score (nSPS) is 19.5. The summed E-state index contributed by atoms with van der Waals surface area (Å²) in [6, 6.07) is -0.718. The maximum absolute atomic E-state index is 12.4. The topological polar surface area (TPSA) is 110 Å². The van der Waals surface area contributed by atoms with Gasteiger partial charge in [0.25, 0.3) is 5.91 Å². The summed E-state index contributed by atoms with van der Waals surface area (Å²) in [4.78, 5) is 36.5. The average molecular weight is 265 g/mol. The Labute approximate surface area is 109 Å². The second-order valence-electron chi connectivity index (χ2n) is 4.29. The number of hydrogen-bond acceptors (Lipinski definition) is 5. The van der Waals surface area contributed by atoms with Crippen LogP contribution >= 0.6 is 0 Å². The van der Waals surface area contributed by atoms with Gasteiger partial charge in [0.1, 0.15) is 18.3 Å². The van der Waals surface area contributed by atoms with Crippen LogP contribution in [0, 0.1) is 0 Å². The number of hydrogen-bond donors (Lipinski definition) is 2. The molecule has 3 N–H and O–H groups in total. The number of nitrogen functional groups attached to an aromatic ring is 1. The van der Waals surface area contributed by atoms with Crippen LogP contribution in [0.5, 0.6) is 0 Å². The molecule has 1 atom stereocenters. The molecule has 0 aliphatic carbocycles. The molecule has 1 aliphatic rings. The molecule has 0 spiro atoms. The van der Waals surface area contributed by atoms with E-state index in [-0.39, 0.29) is 17.9 Å². The van der Waals surface area contributed by atoms with Crippen molar-refractivity contribution in [2.75, 3.05) is 12.3 Å². The number of nitrogens with one attached hydrogen (secondary N) is 1. The van der Waals surface area contributed by atoms with Crippen molar-refractivity contribution in [1.82, 2.24) is 20.0 Å². The number of amides is 3. The molecule has 8 heteroatoms. The summed E-state index contributed by atoms with van der Waals surface area (Å²) in [5.74, 6) is -1.46. The van der Waals surface area contributed by atoms with Gasteiger partial charge in [0.2, 0.25) is 11.8 Å². The highest BCUT2D eigenvalue weighted by atomic mass is 16.2. The third-order valence-corrected chi connectivity index (χ3v) is 3.05. The monoisotopic (exact) mass is 265 g/mol. The smallest absolute Gasteiger partial charge is 0.275 e. The SMILES string of the molecule is CCn1ncc(N)c1C(=O)N1CC(=O)NC(=O)C1C. The van der Waals surface area contributed by atoms with Gasteiger partial charge in [-0.3, -0.25) is 24.4 Å². The van der Waals surface area contributed by atoms with Crippen molar-refractivity contribution in [3.63, 3.8) is 0 Å². The fraction of sp³-hybridized carbons (Fsp3) is 0.455. The predicted octanol–water partition coefficient (Wildman–Crippen LogP) is -1.03. The lowest BCUT2D eigenvalue weighted by atomic mass is 10.1. The fourth-order valence-corrected chi connectivity index (χ4v) is 1.97. The summed E-state index contributed by atoms with van der Waals surface area (Å²) < 4.78 is 1.45. The summed E-state index contributed by atoms with van der Waals surface area (Å²) in [7, 11) is 0. The van der Waals surface area contributed by atoms with E-state index in [0.717, 1.165) is 0 Å². The summed E-state index contributed by atoms with van der Waals surface area (Å²) in [5, 5.41) is 6.15. The Balaban J connectivity index is 2.35. The molecule has 1 aliphatic heterocycles. The Hall–Kier alpha value is -2.38. The zero-order valence-electron chi connectivity index (χ0n) is 10.7. The van der Waals surface area contributed by atoms with Crippen LogP contribution in [0.2, 0.25) is 0 Å². The fourth-order valence-electron chi connectivity index (χ4n) is 1.97. The van der Waals surface area contributed by atoms with Gasteiger partial charge < -0.3 is 10.6 Å². The van der Waals surface area contributed by atoms with E-state index in [0.29, 0.717) is 6.54 Å². The lowest BCUT2D eigenvalue weighted by Gasteiger charge is -2.31. The molecule has 3 amide bonds. The highest BCUT2D eigenvalue weighted by Gasteiger charge is 2.35. The van der Waals surface area contributed by atoms with Crippen LogP contribution in [0.15, 0.2) is 6.20 Å². The first kappa shape index (κ1) is 13.1. The quantitative estimate of drug-likeness (QED) is 0.664. The molecule has 1 saturated heterocycles. The van der Waals surface area contributed by atoms with Gasteiger partial charge in [-0.2, -0.15) is 5.10 Å². The van der Waals surface area contributed by atoms with Crippen LogP contribution in [0.4, 0.5) is 5.69 Å². The number of aryl methyl sites for hydroxylation is 1. The van der Waals surface area contributed by atoms with Crippen LogP contribution in [-0.4, -0.2) is 45.0 Å². The van der Waals surface area contributed by atoms with E-state index in [4.69, 9.17) is 5.73 Å². The van der Waals surface area contributed by atoms with Crippen molar-refractivity contribution >= 4 is 23.4 Å². The summed E-state index contributed by atoms with van der Waals surface area (Å²) in [6.45, 7) is 3.68. The lowest BCUT2D eigenvalue weighted by Crippen LogP contribution is -2.58. The molecule has 0 aromatic carbocycles. The van der Waals surface area contributed by atoms with Crippen molar-refractivity contribution in [3.05, 3.63) is 11.9 Å². The van der Waals surface area contributed by atoms with Gasteiger partial charge in [-0.15, -0.1) is 0 Å². The Morgan fingerprint density at radius 3 is 2.89 bits per heavy atom. The molecule has 0 bridgehead atoms. The first-order chi connectivity index (χ1) is 8.95. The molecule has 0 saturated carbocycles. The van der Waals surface area contributed by atoms with Gasteiger partial charge in [-0.05, 0) is 13.8 Å². The third-order valence-electron chi connectivity index (χ3n) is 3.05. The van der Waals surface area contributed by atoms with Gasteiger partial charge in [0, 0.05) is 6.54 Å². The zero-order chi connectivity index (χ0) is 14.2. The highest BCUT2D eigenvalue weighted by Crippen LogP contribution is 2.17. The molecule has 0 radical (unpaired) electrons. The molecule has 1 fully saturated rings. The molecular weight excluding hydrogens is 250 g/mol. The Kier molecular flexibility index (Phi) is 3.24. The lowest BCUT2D eigenvalue weighted by molar-refractivity contribution is -0.138. The predicted molar refractivity (Wildman–Crippen MR) is 66.0 cm³/mol. The van der Waals surface area contributed by atoms with E-state index in [1.807, 2.05) is 6.92 Å². The Morgan fingerprint density at radius 1 is 1.58 bits per heavy atom. The highest BCUT2D eigenvalue weighted by molar-refractivity contribution is 6.07. The standard InChI is InChI=1S/C11H15N5O3/c1-3-16-9(7(12)4-13-16)11(19)15-5-8(17)14-10(18)6(15)2/h4,6H,3,5,12H2,1-2H3,(H,14,17,18). The minimum Gasteiger partial charge on any atom is -0.396 e. The number of rotatable bonds is 2. The van der Waals surface area contributed by atoms with Crippen LogP contribution in [-0.2, 0) is 16.1 Å². The molecular formula is C11H15N5O3. The maximum Gasteiger partial charge on any atom is 0.275 e. The second-order valence-corrected chi connectivity index (χ2v) is 4.29. The van der Waals surface area contributed by atoms with Gasteiger partial charge >= 0.3 is 0 Å². The van der Waals surface area contributed by atoms with Crippen LogP contribution in [0.25, 0.3) is 0 Å². The largest absolute Gasteiger partial charge is 0.396 e. The van der Waals surface area contributed by atoms with Crippen molar-refractivity contribution in [1.29, 1.82) is 0 Å².